The van der Waals surface area contributed by atoms with Gasteiger partial charge in [-0.05, 0) is 0 Å². The summed E-state index contributed by atoms with van der Waals surface area (Å²) in [6.07, 6.45) is 2.78. The lowest BCUT2D eigenvalue weighted by Gasteiger charge is -2.02. The summed E-state index contributed by atoms with van der Waals surface area (Å²) in [5, 5.41) is 7.13. The standard InChI is InChI=1S/C6H9N5O/c7-4-1-11(2-5(8)12)3-10-6(4)9/h1,3,9H,2,7H2,(H2,8,12). The maximum Gasteiger partial charge on any atom is 0.237 e. The Hall–Kier alpha value is -1.85. The molecule has 0 radical (unpaired) electrons. The zero-order valence-electron chi connectivity index (χ0n) is 6.32. The van der Waals surface area contributed by atoms with Crippen LogP contribution in [0.4, 0.5) is 5.69 Å². The second-order valence-corrected chi connectivity index (χ2v) is 2.32. The second kappa shape index (κ2) is 3.04. The molecule has 1 aromatic rings. The predicted octanol–water partition coefficient (Wildman–Crippen LogP) is -1.57. The molecule has 0 saturated carbocycles. The molecule has 0 spiro atoms. The highest BCUT2D eigenvalue weighted by molar-refractivity contribution is 5.73. The summed E-state index contributed by atoms with van der Waals surface area (Å²) >= 11 is 0. The molecule has 5 N–H and O–H groups in total. The summed E-state index contributed by atoms with van der Waals surface area (Å²) in [7, 11) is 0. The SMILES string of the molecule is N=c1ncn(CC(N)=O)cc1N. The summed E-state index contributed by atoms with van der Waals surface area (Å²) in [5.74, 6) is -0.473. The molecule has 0 atom stereocenters. The number of primary amides is 1. The molecule has 0 aliphatic carbocycles. The molecule has 6 heteroatoms. The molecule has 64 valence electrons. The quantitative estimate of drug-likeness (QED) is 0.494. The van der Waals surface area contributed by atoms with Gasteiger partial charge >= 0.3 is 0 Å². The van der Waals surface area contributed by atoms with E-state index in [0.717, 1.165) is 0 Å². The number of rotatable bonds is 2. The highest BCUT2D eigenvalue weighted by atomic mass is 16.1. The first-order valence-corrected chi connectivity index (χ1v) is 3.24. The van der Waals surface area contributed by atoms with Crippen molar-refractivity contribution in [3.05, 3.63) is 18.0 Å². The van der Waals surface area contributed by atoms with Gasteiger partial charge in [-0.1, -0.05) is 0 Å². The summed E-state index contributed by atoms with van der Waals surface area (Å²) in [5.41, 5.74) is 10.5. The summed E-state index contributed by atoms with van der Waals surface area (Å²) < 4.78 is 1.43. The van der Waals surface area contributed by atoms with Crippen molar-refractivity contribution in [1.29, 1.82) is 5.41 Å². The average molecular weight is 167 g/mol. The molecule has 1 rings (SSSR count). The van der Waals surface area contributed by atoms with Crippen LogP contribution in [0.25, 0.3) is 0 Å². The van der Waals surface area contributed by atoms with Crippen molar-refractivity contribution in [3.63, 3.8) is 0 Å². The average Bonchev–Trinajstić information content (AvgIpc) is 1.96. The van der Waals surface area contributed by atoms with Gasteiger partial charge in [0.2, 0.25) is 5.91 Å². The second-order valence-electron chi connectivity index (χ2n) is 2.32. The van der Waals surface area contributed by atoms with Crippen LogP contribution in [0.2, 0.25) is 0 Å². The molecule has 0 fully saturated rings. The smallest absolute Gasteiger partial charge is 0.237 e. The molecule has 0 unspecified atom stereocenters. The van der Waals surface area contributed by atoms with Crippen molar-refractivity contribution in [3.8, 4) is 0 Å². The summed E-state index contributed by atoms with van der Waals surface area (Å²) in [6, 6.07) is 0. The van der Waals surface area contributed by atoms with E-state index in [2.05, 4.69) is 4.98 Å². The van der Waals surface area contributed by atoms with Crippen molar-refractivity contribution in [2.75, 3.05) is 5.73 Å². The van der Waals surface area contributed by atoms with E-state index in [1.54, 1.807) is 0 Å². The van der Waals surface area contributed by atoms with E-state index in [-0.39, 0.29) is 17.7 Å². The van der Waals surface area contributed by atoms with Crippen LogP contribution in [0.3, 0.4) is 0 Å². The molecular weight excluding hydrogens is 158 g/mol. The lowest BCUT2D eigenvalue weighted by atomic mass is 10.5. The van der Waals surface area contributed by atoms with Gasteiger partial charge < -0.3 is 16.0 Å². The first-order chi connectivity index (χ1) is 5.59. The summed E-state index contributed by atoms with van der Waals surface area (Å²) in [6.45, 7) is 0.0253. The molecule has 0 bridgehead atoms. The first-order valence-electron chi connectivity index (χ1n) is 3.24. The lowest BCUT2D eigenvalue weighted by Crippen LogP contribution is -2.22. The van der Waals surface area contributed by atoms with Gasteiger partial charge in [0.1, 0.15) is 6.54 Å². The normalized spacial score (nSPS) is 9.67. The largest absolute Gasteiger partial charge is 0.394 e. The van der Waals surface area contributed by atoms with Gasteiger partial charge in [-0.25, -0.2) is 4.98 Å². The number of nitrogens with zero attached hydrogens (tertiary/aromatic N) is 2. The maximum absolute atomic E-state index is 10.5. The van der Waals surface area contributed by atoms with Gasteiger partial charge in [0.25, 0.3) is 0 Å². The van der Waals surface area contributed by atoms with Crippen molar-refractivity contribution < 1.29 is 4.79 Å². The van der Waals surface area contributed by atoms with Gasteiger partial charge in [0.15, 0.2) is 5.49 Å². The minimum absolute atomic E-state index is 0.00396. The number of carbonyl (C=O) groups is 1. The third kappa shape index (κ3) is 1.82. The van der Waals surface area contributed by atoms with Crippen LogP contribution in [-0.4, -0.2) is 15.5 Å². The minimum atomic E-state index is -0.473. The molecule has 1 heterocycles. The zero-order chi connectivity index (χ0) is 9.14. The van der Waals surface area contributed by atoms with E-state index in [1.807, 2.05) is 0 Å². The molecule has 6 nitrogen and oxygen atoms in total. The first kappa shape index (κ1) is 8.25. The Balaban J connectivity index is 2.97. The lowest BCUT2D eigenvalue weighted by molar-refractivity contribution is -0.118. The molecule has 0 aliphatic rings. The van der Waals surface area contributed by atoms with Crippen LogP contribution in [0, 0.1) is 5.41 Å². The van der Waals surface area contributed by atoms with Crippen LogP contribution in [0.1, 0.15) is 0 Å². The van der Waals surface area contributed by atoms with Crippen molar-refractivity contribution in [1.82, 2.24) is 9.55 Å². The van der Waals surface area contributed by atoms with Gasteiger partial charge in [-0.2, -0.15) is 0 Å². The van der Waals surface area contributed by atoms with Crippen LogP contribution >= 0.6 is 0 Å². The Morgan fingerprint density at radius 2 is 2.42 bits per heavy atom. The Labute approximate surface area is 68.3 Å². The van der Waals surface area contributed by atoms with Crippen molar-refractivity contribution >= 4 is 11.6 Å². The van der Waals surface area contributed by atoms with Crippen molar-refractivity contribution in [2.45, 2.75) is 6.54 Å². The fourth-order valence-corrected chi connectivity index (χ4v) is 0.746. The Bertz CT molecular complexity index is 355. The molecule has 12 heavy (non-hydrogen) atoms. The summed E-state index contributed by atoms with van der Waals surface area (Å²) in [4.78, 5) is 14.1. The van der Waals surface area contributed by atoms with E-state index >= 15 is 0 Å². The Morgan fingerprint density at radius 1 is 1.75 bits per heavy atom. The number of nitrogen functional groups attached to an aromatic ring is 1. The monoisotopic (exact) mass is 167 g/mol. The van der Waals surface area contributed by atoms with Crippen molar-refractivity contribution in [2.24, 2.45) is 5.73 Å². The van der Waals surface area contributed by atoms with E-state index in [0.29, 0.717) is 0 Å². The number of anilines is 1. The van der Waals surface area contributed by atoms with Crippen LogP contribution in [-0.2, 0) is 11.3 Å². The molecule has 1 aromatic heterocycles. The van der Waals surface area contributed by atoms with Crippen LogP contribution in [0.5, 0.6) is 0 Å². The molecule has 1 amide bonds. The van der Waals surface area contributed by atoms with E-state index in [1.165, 1.54) is 17.1 Å². The minimum Gasteiger partial charge on any atom is -0.394 e. The highest BCUT2D eigenvalue weighted by Gasteiger charge is 1.96. The van der Waals surface area contributed by atoms with Gasteiger partial charge in [0.05, 0.1) is 12.0 Å². The topological polar surface area (TPSA) is 111 Å². The fraction of sp³-hybridized carbons (Fsp3) is 0.167. The van der Waals surface area contributed by atoms with Gasteiger partial charge in [-0.3, -0.25) is 10.2 Å². The maximum atomic E-state index is 10.5. The third-order valence-corrected chi connectivity index (χ3v) is 1.25. The van der Waals surface area contributed by atoms with E-state index < -0.39 is 5.91 Å². The fourth-order valence-electron chi connectivity index (χ4n) is 0.746. The zero-order valence-corrected chi connectivity index (χ0v) is 6.32. The number of nitrogens with one attached hydrogen (secondary N) is 1. The molecule has 0 aromatic carbocycles. The number of nitrogens with two attached hydrogens (primary N) is 2. The number of aromatic nitrogens is 2. The van der Waals surface area contributed by atoms with Gasteiger partial charge in [-0.15, -0.1) is 0 Å². The van der Waals surface area contributed by atoms with Crippen LogP contribution < -0.4 is 17.0 Å². The van der Waals surface area contributed by atoms with E-state index in [9.17, 15) is 4.79 Å². The Kier molecular flexibility index (Phi) is 2.09. The number of hydrogen-bond donors (Lipinski definition) is 3. The van der Waals surface area contributed by atoms with E-state index in [4.69, 9.17) is 16.9 Å². The van der Waals surface area contributed by atoms with Gasteiger partial charge in [0, 0.05) is 6.20 Å². The number of hydrogen-bond acceptors (Lipinski definition) is 4. The highest BCUT2D eigenvalue weighted by Crippen LogP contribution is 1.89. The van der Waals surface area contributed by atoms with Crippen LogP contribution in [0.15, 0.2) is 12.5 Å². The third-order valence-electron chi connectivity index (χ3n) is 1.25. The number of carbonyl (C=O) groups excluding carboxylic acids is 1. The predicted molar refractivity (Wildman–Crippen MR) is 41.7 cm³/mol. The Morgan fingerprint density at radius 3 is 2.92 bits per heavy atom. The number of amides is 1. The molecule has 0 saturated heterocycles. The molecule has 0 aliphatic heterocycles. The molecular formula is C6H9N5O.